The predicted octanol–water partition coefficient (Wildman–Crippen LogP) is 0.258. The summed E-state index contributed by atoms with van der Waals surface area (Å²) >= 11 is 0. The Morgan fingerprint density at radius 1 is 1.29 bits per heavy atom. The summed E-state index contributed by atoms with van der Waals surface area (Å²) in [6.07, 6.45) is 0.0688. The first-order chi connectivity index (χ1) is 6.24. The van der Waals surface area contributed by atoms with Crippen LogP contribution in [0.1, 0.15) is 13.3 Å². The normalized spacial score (nSPS) is 13.6. The molecule has 0 spiro atoms. The average molecular weight is 204 g/mol. The van der Waals surface area contributed by atoms with Crippen molar-refractivity contribution < 1.29 is 24.3 Å². The van der Waals surface area contributed by atoms with E-state index in [-0.39, 0.29) is 6.42 Å². The Morgan fingerprint density at radius 3 is 2.14 bits per heavy atom. The van der Waals surface area contributed by atoms with E-state index in [9.17, 15) is 9.59 Å². The van der Waals surface area contributed by atoms with E-state index in [2.05, 4.69) is 0 Å². The van der Waals surface area contributed by atoms with Crippen molar-refractivity contribution in [2.45, 2.75) is 13.3 Å². The van der Waals surface area contributed by atoms with Crippen molar-refractivity contribution in [3.63, 3.8) is 0 Å². The summed E-state index contributed by atoms with van der Waals surface area (Å²) < 4.78 is 0.416. The third kappa shape index (κ3) is 5.53. The molecule has 0 rings (SSSR count). The van der Waals surface area contributed by atoms with Gasteiger partial charge < -0.3 is 14.7 Å². The third-order valence-electron chi connectivity index (χ3n) is 2.12. The van der Waals surface area contributed by atoms with Crippen LogP contribution in [0.15, 0.2) is 0 Å². The summed E-state index contributed by atoms with van der Waals surface area (Å²) in [6.45, 7) is 2.53. The first kappa shape index (κ1) is 12.9. The van der Waals surface area contributed by atoms with Gasteiger partial charge in [0.2, 0.25) is 0 Å². The van der Waals surface area contributed by atoms with E-state index in [1.807, 2.05) is 14.1 Å². The van der Waals surface area contributed by atoms with Gasteiger partial charge in [0.1, 0.15) is 5.92 Å². The van der Waals surface area contributed by atoms with Crippen LogP contribution >= 0.6 is 0 Å². The first-order valence-electron chi connectivity index (χ1n) is 4.51. The molecule has 0 bridgehead atoms. The van der Waals surface area contributed by atoms with Crippen LogP contribution in [-0.2, 0) is 9.59 Å². The highest BCUT2D eigenvalue weighted by Gasteiger charge is 2.24. The van der Waals surface area contributed by atoms with Gasteiger partial charge in [0.15, 0.2) is 0 Å². The third-order valence-corrected chi connectivity index (χ3v) is 2.12. The molecule has 0 amide bonds. The van der Waals surface area contributed by atoms with Crippen LogP contribution in [0.4, 0.5) is 0 Å². The van der Waals surface area contributed by atoms with Gasteiger partial charge in [-0.25, -0.2) is 0 Å². The maximum absolute atomic E-state index is 10.6. The fourth-order valence-corrected chi connectivity index (χ4v) is 1.31. The van der Waals surface area contributed by atoms with Gasteiger partial charge in [-0.3, -0.25) is 9.59 Å². The summed E-state index contributed by atoms with van der Waals surface area (Å²) in [4.78, 5) is 20.9. The zero-order valence-electron chi connectivity index (χ0n) is 8.86. The summed E-state index contributed by atoms with van der Waals surface area (Å²) in [6, 6.07) is 0. The maximum Gasteiger partial charge on any atom is 0.311 e. The van der Waals surface area contributed by atoms with E-state index in [0.717, 1.165) is 0 Å². The molecular formula is C9H18NO4+. The van der Waals surface area contributed by atoms with Gasteiger partial charge in [-0.1, -0.05) is 0 Å². The van der Waals surface area contributed by atoms with Crippen molar-refractivity contribution in [3.8, 4) is 0 Å². The topological polar surface area (TPSA) is 74.6 Å². The fraction of sp³-hybridized carbons (Fsp3) is 0.778. The maximum atomic E-state index is 10.6. The van der Waals surface area contributed by atoms with E-state index < -0.39 is 17.9 Å². The van der Waals surface area contributed by atoms with Crippen LogP contribution in [0.5, 0.6) is 0 Å². The number of aliphatic carboxylic acids is 2. The van der Waals surface area contributed by atoms with E-state index >= 15 is 0 Å². The van der Waals surface area contributed by atoms with Crippen molar-refractivity contribution in [1.29, 1.82) is 0 Å². The Labute approximate surface area is 83.5 Å². The molecule has 5 heteroatoms. The molecule has 0 radical (unpaired) electrons. The number of rotatable bonds is 6. The van der Waals surface area contributed by atoms with Crippen LogP contribution in [-0.4, -0.2) is 53.8 Å². The van der Waals surface area contributed by atoms with Gasteiger partial charge in [-0.05, 0) is 6.92 Å². The molecule has 0 saturated heterocycles. The molecule has 0 aliphatic heterocycles. The molecule has 1 unspecified atom stereocenters. The van der Waals surface area contributed by atoms with Crippen LogP contribution in [0.2, 0.25) is 0 Å². The lowest BCUT2D eigenvalue weighted by molar-refractivity contribution is -0.892. The van der Waals surface area contributed by atoms with Crippen LogP contribution in [0, 0.1) is 5.92 Å². The van der Waals surface area contributed by atoms with E-state index in [1.54, 1.807) is 6.92 Å². The molecule has 0 fully saturated rings. The molecule has 0 saturated carbocycles. The summed E-state index contributed by atoms with van der Waals surface area (Å²) in [7, 11) is 3.67. The van der Waals surface area contributed by atoms with Crippen molar-refractivity contribution in [2.24, 2.45) is 5.92 Å². The van der Waals surface area contributed by atoms with Crippen LogP contribution in [0.3, 0.4) is 0 Å². The molecule has 0 aromatic carbocycles. The van der Waals surface area contributed by atoms with Crippen molar-refractivity contribution >= 4 is 11.9 Å². The Bertz CT molecular complexity index is 225. The Kier molecular flexibility index (Phi) is 4.56. The van der Waals surface area contributed by atoms with E-state index in [4.69, 9.17) is 10.2 Å². The van der Waals surface area contributed by atoms with Crippen molar-refractivity contribution in [3.05, 3.63) is 0 Å². The summed E-state index contributed by atoms with van der Waals surface area (Å²) in [5.74, 6) is -2.13. The van der Waals surface area contributed by atoms with E-state index in [1.165, 1.54) is 0 Å². The second-order valence-corrected chi connectivity index (χ2v) is 4.22. The van der Waals surface area contributed by atoms with Crippen molar-refractivity contribution in [2.75, 3.05) is 27.2 Å². The van der Waals surface area contributed by atoms with Gasteiger partial charge in [0.25, 0.3) is 0 Å². The van der Waals surface area contributed by atoms with Gasteiger partial charge in [0.05, 0.1) is 33.6 Å². The number of carboxylic acids is 2. The lowest BCUT2D eigenvalue weighted by atomic mass is 10.1. The Morgan fingerprint density at radius 2 is 1.79 bits per heavy atom. The number of quaternary nitrogens is 1. The average Bonchev–Trinajstić information content (AvgIpc) is 2.00. The lowest BCUT2D eigenvalue weighted by Gasteiger charge is -2.30. The van der Waals surface area contributed by atoms with Gasteiger partial charge in [0, 0.05) is 0 Å². The number of carboxylic acid groups (broad SMARTS) is 2. The second-order valence-electron chi connectivity index (χ2n) is 4.22. The van der Waals surface area contributed by atoms with Crippen LogP contribution in [0.25, 0.3) is 0 Å². The van der Waals surface area contributed by atoms with Crippen LogP contribution < -0.4 is 0 Å². The number of carbonyl (C=O) groups is 2. The molecule has 82 valence electrons. The number of hydrogen-bond acceptors (Lipinski definition) is 2. The molecule has 2 N–H and O–H groups in total. The molecule has 0 aliphatic rings. The molecule has 0 aromatic rings. The smallest absolute Gasteiger partial charge is 0.311 e. The lowest BCUT2D eigenvalue weighted by Crippen LogP contribution is -2.45. The van der Waals surface area contributed by atoms with E-state index in [0.29, 0.717) is 17.6 Å². The minimum atomic E-state index is -0.848. The molecule has 1 atom stereocenters. The Balaban J connectivity index is 4.06. The summed E-state index contributed by atoms with van der Waals surface area (Å²) in [5.41, 5.74) is 0. The molecule has 0 aromatic heterocycles. The largest absolute Gasteiger partial charge is 0.481 e. The highest BCUT2D eigenvalue weighted by molar-refractivity contribution is 5.69. The SMILES string of the molecule is CC(C[N+](C)(C)CCC(=O)O)C(=O)O. The number of hydrogen-bond donors (Lipinski definition) is 2. The highest BCUT2D eigenvalue weighted by Crippen LogP contribution is 2.06. The minimum Gasteiger partial charge on any atom is -0.481 e. The minimum absolute atomic E-state index is 0.0688. The zero-order valence-corrected chi connectivity index (χ0v) is 8.86. The highest BCUT2D eigenvalue weighted by atomic mass is 16.4. The molecule has 14 heavy (non-hydrogen) atoms. The molecular weight excluding hydrogens is 186 g/mol. The summed E-state index contributed by atoms with van der Waals surface area (Å²) in [5, 5.41) is 17.2. The van der Waals surface area contributed by atoms with Gasteiger partial charge in [-0.2, -0.15) is 0 Å². The standard InChI is InChI=1S/C9H17NO4/c1-7(9(13)14)6-10(2,3)5-4-8(11)12/h7H,4-6H2,1-3H3,(H-,11,12,13,14)/p+1. The number of nitrogens with zero attached hydrogens (tertiary/aromatic N) is 1. The van der Waals surface area contributed by atoms with Gasteiger partial charge in [-0.15, -0.1) is 0 Å². The molecule has 5 nitrogen and oxygen atoms in total. The second kappa shape index (κ2) is 4.95. The molecule has 0 heterocycles. The monoisotopic (exact) mass is 204 g/mol. The Hall–Kier alpha value is -1.10. The zero-order chi connectivity index (χ0) is 11.4. The first-order valence-corrected chi connectivity index (χ1v) is 4.51. The van der Waals surface area contributed by atoms with Crippen molar-refractivity contribution in [1.82, 2.24) is 0 Å². The van der Waals surface area contributed by atoms with Gasteiger partial charge >= 0.3 is 11.9 Å². The quantitative estimate of drug-likeness (QED) is 0.608. The fourth-order valence-electron chi connectivity index (χ4n) is 1.31. The predicted molar refractivity (Wildman–Crippen MR) is 50.9 cm³/mol. The molecule has 0 aliphatic carbocycles.